The molecule has 1 N–H and O–H groups in total. The molecule has 0 saturated carbocycles. The van der Waals surface area contributed by atoms with E-state index < -0.39 is 11.8 Å². The van der Waals surface area contributed by atoms with Crippen molar-refractivity contribution >= 4 is 28.9 Å². The minimum absolute atomic E-state index is 0.225. The Morgan fingerprint density at radius 1 is 1.56 bits per heavy atom. The zero-order chi connectivity index (χ0) is 13.3. The molecule has 18 heavy (non-hydrogen) atoms. The Morgan fingerprint density at radius 2 is 2.28 bits per heavy atom. The number of aryl methyl sites for hydroxylation is 1. The molecule has 0 aliphatic carbocycles. The lowest BCUT2D eigenvalue weighted by atomic mass is 10.1. The first kappa shape index (κ1) is 13.0. The Labute approximate surface area is 112 Å². The van der Waals surface area contributed by atoms with E-state index in [9.17, 15) is 9.18 Å². The van der Waals surface area contributed by atoms with Gasteiger partial charge in [-0.3, -0.25) is 0 Å². The highest BCUT2D eigenvalue weighted by molar-refractivity contribution is 7.13. The van der Waals surface area contributed by atoms with Crippen molar-refractivity contribution in [3.63, 3.8) is 0 Å². The van der Waals surface area contributed by atoms with Gasteiger partial charge in [0.1, 0.15) is 10.7 Å². The smallest absolute Gasteiger partial charge is 0.347 e. The van der Waals surface area contributed by atoms with Crippen molar-refractivity contribution in [2.24, 2.45) is 0 Å². The predicted octanol–water partition coefficient (Wildman–Crippen LogP) is 3.53. The van der Waals surface area contributed by atoms with Gasteiger partial charge in [-0.05, 0) is 24.6 Å². The molecule has 0 amide bonds. The monoisotopic (exact) mass is 285 g/mol. The van der Waals surface area contributed by atoms with Gasteiger partial charge in [0, 0.05) is 11.4 Å². The second-order valence-electron chi connectivity index (χ2n) is 3.74. The highest BCUT2D eigenvalue weighted by atomic mass is 35.5. The largest absolute Gasteiger partial charge is 0.477 e. The van der Waals surface area contributed by atoms with Crippen molar-refractivity contribution in [1.82, 2.24) is 4.98 Å². The van der Waals surface area contributed by atoms with Crippen molar-refractivity contribution in [1.29, 1.82) is 0 Å². The van der Waals surface area contributed by atoms with E-state index >= 15 is 0 Å². The number of benzene rings is 1. The number of hydrogen-bond donors (Lipinski definition) is 1. The lowest BCUT2D eigenvalue weighted by Gasteiger charge is -2.01. The Bertz CT molecular complexity index is 612. The average molecular weight is 286 g/mol. The fourth-order valence-corrected chi connectivity index (χ4v) is 2.71. The third-order valence-corrected chi connectivity index (χ3v) is 3.89. The van der Waals surface area contributed by atoms with Gasteiger partial charge in [-0.1, -0.05) is 17.7 Å². The van der Waals surface area contributed by atoms with Gasteiger partial charge in [-0.2, -0.15) is 0 Å². The van der Waals surface area contributed by atoms with Gasteiger partial charge < -0.3 is 5.11 Å². The molecule has 0 unspecified atom stereocenters. The summed E-state index contributed by atoms with van der Waals surface area (Å²) in [6.45, 7) is 1.65. The summed E-state index contributed by atoms with van der Waals surface area (Å²) in [4.78, 5) is 15.3. The molecule has 6 heteroatoms. The Kier molecular flexibility index (Phi) is 3.63. The van der Waals surface area contributed by atoms with Crippen LogP contribution in [-0.4, -0.2) is 16.1 Å². The van der Waals surface area contributed by atoms with Gasteiger partial charge in [0.05, 0.1) is 10.7 Å². The molecule has 0 aliphatic rings. The van der Waals surface area contributed by atoms with E-state index in [2.05, 4.69) is 4.98 Å². The molecular formula is C12H9ClFNO2S. The molecule has 94 valence electrons. The normalized spacial score (nSPS) is 10.6. The SMILES string of the molecule is Cc1nc(Cc2ccc(F)cc2Cl)sc1C(=O)O. The molecule has 0 spiro atoms. The molecule has 3 nitrogen and oxygen atoms in total. The minimum Gasteiger partial charge on any atom is -0.477 e. The maximum atomic E-state index is 12.9. The first-order valence-electron chi connectivity index (χ1n) is 5.11. The highest BCUT2D eigenvalue weighted by Crippen LogP contribution is 2.24. The molecule has 0 fully saturated rings. The number of aromatic carboxylic acids is 1. The van der Waals surface area contributed by atoms with Crippen LogP contribution in [0, 0.1) is 12.7 Å². The summed E-state index contributed by atoms with van der Waals surface area (Å²) in [5.74, 6) is -1.38. The predicted molar refractivity (Wildman–Crippen MR) is 68.0 cm³/mol. The van der Waals surface area contributed by atoms with Crippen molar-refractivity contribution in [3.8, 4) is 0 Å². The van der Waals surface area contributed by atoms with Crippen LogP contribution in [0.4, 0.5) is 4.39 Å². The van der Waals surface area contributed by atoms with Crippen LogP contribution in [0.1, 0.15) is 25.9 Å². The van der Waals surface area contributed by atoms with Gasteiger partial charge in [-0.25, -0.2) is 14.2 Å². The maximum Gasteiger partial charge on any atom is 0.347 e. The Morgan fingerprint density at radius 3 is 2.83 bits per heavy atom. The van der Waals surface area contributed by atoms with Gasteiger partial charge in [0.15, 0.2) is 0 Å². The standard InChI is InChI=1S/C12H9ClFNO2S/c1-6-11(12(16)17)18-10(15-6)4-7-2-3-8(14)5-9(7)13/h2-3,5H,4H2,1H3,(H,16,17). The van der Waals surface area contributed by atoms with Crippen LogP contribution < -0.4 is 0 Å². The van der Waals surface area contributed by atoms with Crippen LogP contribution in [0.5, 0.6) is 0 Å². The van der Waals surface area contributed by atoms with E-state index in [1.165, 1.54) is 12.1 Å². The summed E-state index contributed by atoms with van der Waals surface area (Å²) in [5, 5.41) is 9.90. The van der Waals surface area contributed by atoms with Crippen molar-refractivity contribution in [2.45, 2.75) is 13.3 Å². The zero-order valence-corrected chi connectivity index (χ0v) is 11.0. The molecule has 0 radical (unpaired) electrons. The zero-order valence-electron chi connectivity index (χ0n) is 9.41. The number of carboxylic acid groups (broad SMARTS) is 1. The summed E-state index contributed by atoms with van der Waals surface area (Å²) < 4.78 is 12.9. The molecule has 2 aromatic rings. The van der Waals surface area contributed by atoms with Crippen LogP contribution in [0.25, 0.3) is 0 Å². The van der Waals surface area contributed by atoms with Gasteiger partial charge >= 0.3 is 5.97 Å². The third kappa shape index (κ3) is 2.68. The topological polar surface area (TPSA) is 50.2 Å². The third-order valence-electron chi connectivity index (χ3n) is 2.39. The Hall–Kier alpha value is -1.46. The summed E-state index contributed by atoms with van der Waals surface area (Å²) >= 11 is 7.02. The van der Waals surface area contributed by atoms with Crippen molar-refractivity contribution in [3.05, 3.63) is 50.2 Å². The van der Waals surface area contributed by atoms with E-state index in [1.807, 2.05) is 0 Å². The molecule has 2 rings (SSSR count). The van der Waals surface area contributed by atoms with Crippen LogP contribution in [0.2, 0.25) is 5.02 Å². The Balaban J connectivity index is 2.29. The summed E-state index contributed by atoms with van der Waals surface area (Å²) in [6.07, 6.45) is 0.401. The number of carboxylic acids is 1. The lowest BCUT2D eigenvalue weighted by molar-refractivity contribution is 0.0701. The van der Waals surface area contributed by atoms with Crippen LogP contribution in [-0.2, 0) is 6.42 Å². The van der Waals surface area contributed by atoms with E-state index in [4.69, 9.17) is 16.7 Å². The molecule has 0 aliphatic heterocycles. The van der Waals surface area contributed by atoms with Gasteiger partial charge in [0.2, 0.25) is 0 Å². The average Bonchev–Trinajstić information content (AvgIpc) is 2.64. The van der Waals surface area contributed by atoms with Crippen molar-refractivity contribution < 1.29 is 14.3 Å². The molecular weight excluding hydrogens is 277 g/mol. The van der Waals surface area contributed by atoms with Gasteiger partial charge in [-0.15, -0.1) is 11.3 Å². The number of thiazole rings is 1. The molecule has 0 atom stereocenters. The van der Waals surface area contributed by atoms with Crippen LogP contribution in [0.15, 0.2) is 18.2 Å². The fourth-order valence-electron chi connectivity index (χ4n) is 1.55. The molecule has 0 bridgehead atoms. The number of aromatic nitrogens is 1. The first-order valence-corrected chi connectivity index (χ1v) is 6.30. The van der Waals surface area contributed by atoms with Crippen LogP contribution >= 0.6 is 22.9 Å². The molecule has 1 aromatic carbocycles. The minimum atomic E-state index is -0.985. The number of halogens is 2. The molecule has 1 heterocycles. The number of rotatable bonds is 3. The summed E-state index contributed by atoms with van der Waals surface area (Å²) in [5.41, 5.74) is 1.21. The summed E-state index contributed by atoms with van der Waals surface area (Å²) in [6, 6.07) is 4.13. The maximum absolute atomic E-state index is 12.9. The van der Waals surface area contributed by atoms with E-state index in [0.29, 0.717) is 22.1 Å². The van der Waals surface area contributed by atoms with Gasteiger partial charge in [0.25, 0.3) is 0 Å². The van der Waals surface area contributed by atoms with E-state index in [-0.39, 0.29) is 4.88 Å². The number of hydrogen-bond acceptors (Lipinski definition) is 3. The quantitative estimate of drug-likeness (QED) is 0.938. The van der Waals surface area contributed by atoms with Crippen LogP contribution in [0.3, 0.4) is 0 Å². The first-order chi connectivity index (χ1) is 8.47. The number of nitrogens with zero attached hydrogens (tertiary/aromatic N) is 1. The second kappa shape index (κ2) is 5.04. The fraction of sp³-hybridized carbons (Fsp3) is 0.167. The summed E-state index contributed by atoms with van der Waals surface area (Å²) in [7, 11) is 0. The van der Waals surface area contributed by atoms with Crippen molar-refractivity contribution in [2.75, 3.05) is 0 Å². The second-order valence-corrected chi connectivity index (χ2v) is 5.23. The number of carbonyl (C=O) groups is 1. The van der Waals surface area contributed by atoms with E-state index in [0.717, 1.165) is 16.9 Å². The van der Waals surface area contributed by atoms with E-state index in [1.54, 1.807) is 13.0 Å². The molecule has 1 aromatic heterocycles. The molecule has 0 saturated heterocycles. The highest BCUT2D eigenvalue weighted by Gasteiger charge is 2.15. The lowest BCUT2D eigenvalue weighted by Crippen LogP contribution is -1.94.